The summed E-state index contributed by atoms with van der Waals surface area (Å²) in [6.45, 7) is 6.68. The Kier molecular flexibility index (Phi) is 4.99. The summed E-state index contributed by atoms with van der Waals surface area (Å²) >= 11 is 0. The van der Waals surface area contributed by atoms with E-state index in [1.165, 1.54) is 31.5 Å². The molecule has 108 valence electrons. The fourth-order valence-corrected chi connectivity index (χ4v) is 3.02. The minimum Gasteiger partial charge on any atom is -0.332 e. The van der Waals surface area contributed by atoms with Gasteiger partial charge in [0.25, 0.3) is 0 Å². The van der Waals surface area contributed by atoms with E-state index in [0.29, 0.717) is 12.0 Å². The van der Waals surface area contributed by atoms with Crippen molar-refractivity contribution in [2.24, 2.45) is 11.7 Å². The van der Waals surface area contributed by atoms with Crippen LogP contribution in [-0.2, 0) is 6.54 Å². The Morgan fingerprint density at radius 3 is 2.89 bits per heavy atom. The Morgan fingerprint density at radius 2 is 2.21 bits per heavy atom. The second kappa shape index (κ2) is 6.53. The van der Waals surface area contributed by atoms with E-state index in [-0.39, 0.29) is 6.04 Å². The van der Waals surface area contributed by atoms with E-state index in [2.05, 4.69) is 35.3 Å². The minimum atomic E-state index is 0.108. The van der Waals surface area contributed by atoms with E-state index in [4.69, 9.17) is 5.73 Å². The normalized spacial score (nSPS) is 22.9. The van der Waals surface area contributed by atoms with Crippen LogP contribution in [-0.4, -0.2) is 34.1 Å². The third-order valence-corrected chi connectivity index (χ3v) is 4.18. The van der Waals surface area contributed by atoms with E-state index >= 15 is 0 Å². The van der Waals surface area contributed by atoms with Gasteiger partial charge in [-0.2, -0.15) is 0 Å². The van der Waals surface area contributed by atoms with Gasteiger partial charge in [0.05, 0.1) is 12.0 Å². The lowest BCUT2D eigenvalue weighted by Gasteiger charge is -2.33. The topological polar surface area (TPSA) is 47.1 Å². The van der Waals surface area contributed by atoms with Crippen LogP contribution in [0.2, 0.25) is 0 Å². The lowest BCUT2D eigenvalue weighted by atomic mass is 10.0. The Labute approximate surface area is 117 Å². The first kappa shape index (κ1) is 14.5. The maximum atomic E-state index is 6.31. The number of nitrogens with two attached hydrogens (primary N) is 1. The molecule has 2 heterocycles. The third kappa shape index (κ3) is 3.80. The monoisotopic (exact) mass is 264 g/mol. The molecular formula is C15H28N4. The Balaban J connectivity index is 2.02. The van der Waals surface area contributed by atoms with E-state index < -0.39 is 0 Å². The number of likely N-dealkylation sites (tertiary alicyclic amines) is 1. The molecule has 4 heteroatoms. The molecule has 1 fully saturated rings. The Bertz CT molecular complexity index is 385. The van der Waals surface area contributed by atoms with Gasteiger partial charge < -0.3 is 15.2 Å². The second-order valence-corrected chi connectivity index (χ2v) is 6.34. The fraction of sp³-hybridized carbons (Fsp3) is 0.800. The van der Waals surface area contributed by atoms with Crippen molar-refractivity contribution in [2.45, 2.75) is 58.2 Å². The summed E-state index contributed by atoms with van der Waals surface area (Å²) in [4.78, 5) is 6.78. The summed E-state index contributed by atoms with van der Waals surface area (Å²) in [5.74, 6) is 0.621. The molecule has 0 spiro atoms. The average molecular weight is 264 g/mol. The first-order valence-corrected chi connectivity index (χ1v) is 7.53. The standard InChI is InChI=1S/C15H28N4/c1-12(2)8-14(16)15-9-17-11-19(15)10-13-6-4-5-7-18(13)3/h9,11-14H,4-8,10,16H2,1-3H3. The van der Waals surface area contributed by atoms with Gasteiger partial charge in [-0.15, -0.1) is 0 Å². The van der Waals surface area contributed by atoms with Crippen molar-refractivity contribution in [3.8, 4) is 0 Å². The molecule has 19 heavy (non-hydrogen) atoms. The molecule has 0 bridgehead atoms. The largest absolute Gasteiger partial charge is 0.332 e. The van der Waals surface area contributed by atoms with Crippen LogP contribution in [0.25, 0.3) is 0 Å². The molecule has 1 aromatic heterocycles. The number of hydrogen-bond acceptors (Lipinski definition) is 3. The zero-order valence-electron chi connectivity index (χ0n) is 12.5. The van der Waals surface area contributed by atoms with E-state index in [1.807, 2.05) is 12.5 Å². The van der Waals surface area contributed by atoms with Gasteiger partial charge >= 0.3 is 0 Å². The maximum Gasteiger partial charge on any atom is 0.0949 e. The zero-order valence-corrected chi connectivity index (χ0v) is 12.5. The van der Waals surface area contributed by atoms with Crippen LogP contribution >= 0.6 is 0 Å². The zero-order chi connectivity index (χ0) is 13.8. The summed E-state index contributed by atoms with van der Waals surface area (Å²) in [5.41, 5.74) is 7.49. The van der Waals surface area contributed by atoms with Crippen LogP contribution in [0.15, 0.2) is 12.5 Å². The van der Waals surface area contributed by atoms with Gasteiger partial charge in [-0.05, 0) is 38.8 Å². The highest BCUT2D eigenvalue weighted by Crippen LogP contribution is 2.21. The van der Waals surface area contributed by atoms with Crippen LogP contribution < -0.4 is 5.73 Å². The van der Waals surface area contributed by atoms with Crippen LogP contribution in [0, 0.1) is 5.92 Å². The molecule has 0 aromatic carbocycles. The number of aromatic nitrogens is 2. The highest BCUT2D eigenvalue weighted by molar-refractivity contribution is 5.05. The van der Waals surface area contributed by atoms with Gasteiger partial charge in [-0.3, -0.25) is 0 Å². The molecule has 0 amide bonds. The molecule has 4 nitrogen and oxygen atoms in total. The summed E-state index contributed by atoms with van der Waals surface area (Å²) in [5, 5.41) is 0. The molecule has 0 aliphatic carbocycles. The summed E-state index contributed by atoms with van der Waals surface area (Å²) in [6.07, 6.45) is 8.86. The minimum absolute atomic E-state index is 0.108. The molecule has 0 saturated carbocycles. The van der Waals surface area contributed by atoms with Crippen LogP contribution in [0.3, 0.4) is 0 Å². The summed E-state index contributed by atoms with van der Waals surface area (Å²) in [6, 6.07) is 0.740. The molecule has 2 N–H and O–H groups in total. The van der Waals surface area contributed by atoms with Crippen molar-refractivity contribution in [1.29, 1.82) is 0 Å². The third-order valence-electron chi connectivity index (χ3n) is 4.18. The first-order valence-electron chi connectivity index (χ1n) is 7.53. The van der Waals surface area contributed by atoms with Crippen molar-refractivity contribution in [3.05, 3.63) is 18.2 Å². The van der Waals surface area contributed by atoms with Gasteiger partial charge in [0.2, 0.25) is 0 Å². The van der Waals surface area contributed by atoms with E-state index in [0.717, 1.165) is 13.0 Å². The Hall–Kier alpha value is -0.870. The molecular weight excluding hydrogens is 236 g/mol. The molecule has 2 unspecified atom stereocenters. The SMILES string of the molecule is CC(C)CC(N)c1cncn1CC1CCCCN1C. The van der Waals surface area contributed by atoms with E-state index in [1.54, 1.807) is 0 Å². The van der Waals surface area contributed by atoms with Gasteiger partial charge in [-0.25, -0.2) is 4.98 Å². The highest BCUT2D eigenvalue weighted by Gasteiger charge is 2.21. The molecule has 2 rings (SSSR count). The predicted octanol–water partition coefficient (Wildman–Crippen LogP) is 2.41. The number of nitrogens with zero attached hydrogens (tertiary/aromatic N) is 3. The molecule has 1 saturated heterocycles. The van der Waals surface area contributed by atoms with Crippen molar-refractivity contribution >= 4 is 0 Å². The molecule has 2 atom stereocenters. The number of rotatable bonds is 5. The van der Waals surface area contributed by atoms with E-state index in [9.17, 15) is 0 Å². The Morgan fingerprint density at radius 1 is 1.42 bits per heavy atom. The van der Waals surface area contributed by atoms with Crippen LogP contribution in [0.1, 0.15) is 51.3 Å². The average Bonchev–Trinajstić information content (AvgIpc) is 2.79. The number of imidazole rings is 1. The van der Waals surface area contributed by atoms with Gasteiger partial charge in [0.1, 0.15) is 0 Å². The van der Waals surface area contributed by atoms with Crippen molar-refractivity contribution in [2.75, 3.05) is 13.6 Å². The number of piperidine rings is 1. The number of likely N-dealkylation sites (N-methyl/N-ethyl adjacent to an activating group) is 1. The highest BCUT2D eigenvalue weighted by atomic mass is 15.2. The fourth-order valence-electron chi connectivity index (χ4n) is 3.02. The summed E-state index contributed by atoms with van der Waals surface area (Å²) < 4.78 is 2.26. The van der Waals surface area contributed by atoms with Crippen molar-refractivity contribution in [3.63, 3.8) is 0 Å². The predicted molar refractivity (Wildman–Crippen MR) is 78.9 cm³/mol. The first-order chi connectivity index (χ1) is 9.08. The van der Waals surface area contributed by atoms with Crippen LogP contribution in [0.4, 0.5) is 0 Å². The van der Waals surface area contributed by atoms with Crippen molar-refractivity contribution in [1.82, 2.24) is 14.5 Å². The van der Waals surface area contributed by atoms with Gasteiger partial charge in [-0.1, -0.05) is 20.3 Å². The molecule has 1 aliphatic heterocycles. The summed E-state index contributed by atoms with van der Waals surface area (Å²) in [7, 11) is 2.23. The lowest BCUT2D eigenvalue weighted by Crippen LogP contribution is -2.39. The smallest absolute Gasteiger partial charge is 0.0949 e. The number of hydrogen-bond donors (Lipinski definition) is 1. The maximum absolute atomic E-state index is 6.31. The second-order valence-electron chi connectivity index (χ2n) is 6.34. The quantitative estimate of drug-likeness (QED) is 0.888. The lowest BCUT2D eigenvalue weighted by molar-refractivity contribution is 0.166. The van der Waals surface area contributed by atoms with Gasteiger partial charge in [0.15, 0.2) is 0 Å². The van der Waals surface area contributed by atoms with Crippen LogP contribution in [0.5, 0.6) is 0 Å². The van der Waals surface area contributed by atoms with Crippen molar-refractivity contribution < 1.29 is 0 Å². The van der Waals surface area contributed by atoms with Gasteiger partial charge in [0, 0.05) is 24.8 Å². The molecule has 1 aromatic rings. The molecule has 1 aliphatic rings. The molecule has 0 radical (unpaired) electrons.